The van der Waals surface area contributed by atoms with Crippen LogP contribution in [-0.4, -0.2) is 39.7 Å². The molecule has 1 aliphatic heterocycles. The van der Waals surface area contributed by atoms with E-state index in [0.29, 0.717) is 28.0 Å². The lowest BCUT2D eigenvalue weighted by Gasteiger charge is -2.32. The number of nitrogens with one attached hydrogen (secondary N) is 2. The average molecular weight is 394 g/mol. The van der Waals surface area contributed by atoms with E-state index in [9.17, 15) is 14.0 Å². The first-order valence-electron chi connectivity index (χ1n) is 8.93. The minimum atomic E-state index is -0.924. The van der Waals surface area contributed by atoms with Crippen LogP contribution in [-0.2, 0) is 10.3 Å². The molecule has 2 amide bonds. The molecule has 0 aliphatic carbocycles. The molecule has 1 aromatic carbocycles. The third-order valence-corrected chi connectivity index (χ3v) is 4.97. The first kappa shape index (κ1) is 18.6. The quantitative estimate of drug-likeness (QED) is 0.632. The molecule has 0 saturated heterocycles. The van der Waals surface area contributed by atoms with E-state index in [1.54, 1.807) is 38.2 Å². The topological polar surface area (TPSA) is 116 Å². The summed E-state index contributed by atoms with van der Waals surface area (Å²) in [6, 6.07) is 9.13. The third-order valence-electron chi connectivity index (χ3n) is 4.97. The standard InChI is InChI=1S/C20H19FN6O2/c1-20(10-17(28)27(2)19(22)26-20)16-9-13(5-6-23-16)24-18(29)15-8-11-7-12(21)3-4-14(11)25-15/h3-9,25H,10H2,1-2H3,(H2,22,26)(H,23,24,29). The molecule has 0 saturated carbocycles. The first-order chi connectivity index (χ1) is 13.7. The molecule has 1 aliphatic rings. The summed E-state index contributed by atoms with van der Waals surface area (Å²) in [6.07, 6.45) is 1.65. The summed E-state index contributed by atoms with van der Waals surface area (Å²) in [5.74, 6) is -0.804. The smallest absolute Gasteiger partial charge is 0.272 e. The van der Waals surface area contributed by atoms with Gasteiger partial charge in [0.1, 0.15) is 17.1 Å². The average Bonchev–Trinajstić information content (AvgIpc) is 3.09. The molecule has 1 atom stereocenters. The zero-order chi connectivity index (χ0) is 20.8. The molecule has 0 spiro atoms. The van der Waals surface area contributed by atoms with E-state index < -0.39 is 5.54 Å². The molecule has 3 aromatic rings. The van der Waals surface area contributed by atoms with Crippen LogP contribution in [0.5, 0.6) is 0 Å². The maximum atomic E-state index is 13.4. The highest BCUT2D eigenvalue weighted by atomic mass is 19.1. The summed E-state index contributed by atoms with van der Waals surface area (Å²) in [4.78, 5) is 37.8. The molecule has 4 N–H and O–H groups in total. The van der Waals surface area contributed by atoms with Crippen LogP contribution in [0.1, 0.15) is 29.5 Å². The van der Waals surface area contributed by atoms with E-state index in [1.165, 1.54) is 23.2 Å². The Morgan fingerprint density at radius 2 is 2.10 bits per heavy atom. The predicted octanol–water partition coefficient (Wildman–Crippen LogP) is 2.35. The van der Waals surface area contributed by atoms with E-state index in [1.807, 2.05) is 0 Å². The van der Waals surface area contributed by atoms with Gasteiger partial charge in [-0.05, 0) is 43.3 Å². The van der Waals surface area contributed by atoms with Gasteiger partial charge in [-0.1, -0.05) is 0 Å². The Hall–Kier alpha value is -3.75. The third kappa shape index (κ3) is 3.42. The van der Waals surface area contributed by atoms with Crippen LogP contribution in [0.3, 0.4) is 0 Å². The molecule has 0 radical (unpaired) electrons. The number of hydrogen-bond donors (Lipinski definition) is 3. The van der Waals surface area contributed by atoms with Crippen molar-refractivity contribution in [2.45, 2.75) is 18.9 Å². The SMILES string of the molecule is CN1C(=O)CC(C)(c2cc(NC(=O)c3cc4cc(F)ccc4[nH]3)ccn2)N=C1N. The number of nitrogens with two attached hydrogens (primary N) is 1. The number of fused-ring (bicyclic) bond motifs is 1. The van der Waals surface area contributed by atoms with Crippen LogP contribution in [0.4, 0.5) is 10.1 Å². The largest absolute Gasteiger partial charge is 0.369 e. The molecule has 148 valence electrons. The van der Waals surface area contributed by atoms with Crippen molar-refractivity contribution in [3.63, 3.8) is 0 Å². The molecule has 8 nitrogen and oxygen atoms in total. The number of carbonyl (C=O) groups excluding carboxylic acids is 2. The van der Waals surface area contributed by atoms with Crippen molar-refractivity contribution in [1.82, 2.24) is 14.9 Å². The Kier molecular flexibility index (Phi) is 4.30. The summed E-state index contributed by atoms with van der Waals surface area (Å²) < 4.78 is 13.4. The normalized spacial score (nSPS) is 19.3. The zero-order valence-corrected chi connectivity index (χ0v) is 15.9. The Labute approximate surface area is 165 Å². The number of aromatic amines is 1. The second-order valence-electron chi connectivity index (χ2n) is 7.17. The van der Waals surface area contributed by atoms with E-state index in [4.69, 9.17) is 5.73 Å². The van der Waals surface area contributed by atoms with Crippen LogP contribution in [0, 0.1) is 5.82 Å². The number of hydrogen-bond acceptors (Lipinski definition) is 5. The summed E-state index contributed by atoms with van der Waals surface area (Å²) in [7, 11) is 1.57. The number of carbonyl (C=O) groups is 2. The van der Waals surface area contributed by atoms with Crippen molar-refractivity contribution in [3.8, 4) is 0 Å². The molecule has 3 heterocycles. The van der Waals surface area contributed by atoms with Crippen LogP contribution in [0.15, 0.2) is 47.6 Å². The summed E-state index contributed by atoms with van der Waals surface area (Å²) >= 11 is 0. The number of aromatic nitrogens is 2. The van der Waals surface area contributed by atoms with Crippen molar-refractivity contribution in [3.05, 3.63) is 59.8 Å². The van der Waals surface area contributed by atoms with Gasteiger partial charge in [-0.3, -0.25) is 19.5 Å². The van der Waals surface area contributed by atoms with E-state index in [2.05, 4.69) is 20.3 Å². The number of rotatable bonds is 3. The fraction of sp³-hybridized carbons (Fsp3) is 0.200. The van der Waals surface area contributed by atoms with Gasteiger partial charge in [0.25, 0.3) is 5.91 Å². The van der Waals surface area contributed by atoms with Crippen molar-refractivity contribution in [1.29, 1.82) is 0 Å². The lowest BCUT2D eigenvalue weighted by atomic mass is 9.91. The predicted molar refractivity (Wildman–Crippen MR) is 107 cm³/mol. The summed E-state index contributed by atoms with van der Waals surface area (Å²) in [5, 5.41) is 3.39. The minimum absolute atomic E-state index is 0.113. The maximum Gasteiger partial charge on any atom is 0.272 e. The zero-order valence-electron chi connectivity index (χ0n) is 15.9. The molecule has 29 heavy (non-hydrogen) atoms. The van der Waals surface area contributed by atoms with Crippen LogP contribution in [0.2, 0.25) is 0 Å². The monoisotopic (exact) mass is 394 g/mol. The number of guanidine groups is 1. The lowest BCUT2D eigenvalue weighted by molar-refractivity contribution is -0.128. The number of nitrogens with zero attached hydrogens (tertiary/aromatic N) is 3. The summed E-state index contributed by atoms with van der Waals surface area (Å²) in [5.41, 5.74) is 6.89. The molecule has 0 fully saturated rings. The molecule has 0 bridgehead atoms. The Morgan fingerprint density at radius 1 is 1.31 bits per heavy atom. The van der Waals surface area contributed by atoms with Gasteiger partial charge in [-0.25, -0.2) is 9.38 Å². The van der Waals surface area contributed by atoms with E-state index >= 15 is 0 Å². The van der Waals surface area contributed by atoms with Gasteiger partial charge in [0, 0.05) is 29.8 Å². The highest BCUT2D eigenvalue weighted by molar-refractivity contribution is 6.06. The van der Waals surface area contributed by atoms with Crippen molar-refractivity contribution >= 4 is 34.4 Å². The Balaban J connectivity index is 1.60. The van der Waals surface area contributed by atoms with E-state index in [-0.39, 0.29) is 30.0 Å². The van der Waals surface area contributed by atoms with Gasteiger partial charge >= 0.3 is 0 Å². The maximum absolute atomic E-state index is 13.4. The molecule has 4 rings (SSSR count). The van der Waals surface area contributed by atoms with Gasteiger partial charge in [0.2, 0.25) is 5.91 Å². The number of benzene rings is 1. The highest BCUT2D eigenvalue weighted by Crippen LogP contribution is 2.32. The highest BCUT2D eigenvalue weighted by Gasteiger charge is 2.37. The summed E-state index contributed by atoms with van der Waals surface area (Å²) in [6.45, 7) is 1.77. The number of pyridine rings is 1. The molecular formula is C20H19FN6O2. The second-order valence-corrected chi connectivity index (χ2v) is 7.17. The number of amides is 2. The molecule has 1 unspecified atom stereocenters. The molecule has 2 aromatic heterocycles. The van der Waals surface area contributed by atoms with Crippen molar-refractivity contribution in [2.75, 3.05) is 12.4 Å². The van der Waals surface area contributed by atoms with Gasteiger partial charge < -0.3 is 16.0 Å². The van der Waals surface area contributed by atoms with Crippen LogP contribution in [0.25, 0.3) is 10.9 Å². The lowest BCUT2D eigenvalue weighted by Crippen LogP contribution is -2.47. The van der Waals surface area contributed by atoms with Gasteiger partial charge in [-0.15, -0.1) is 0 Å². The van der Waals surface area contributed by atoms with Gasteiger partial charge in [0.15, 0.2) is 5.96 Å². The number of anilines is 1. The molecular weight excluding hydrogens is 375 g/mol. The van der Waals surface area contributed by atoms with E-state index in [0.717, 1.165) is 0 Å². The Bertz CT molecular complexity index is 1170. The number of aliphatic imine (C=N–C) groups is 1. The van der Waals surface area contributed by atoms with Crippen LogP contribution >= 0.6 is 0 Å². The number of halogens is 1. The van der Waals surface area contributed by atoms with Crippen LogP contribution < -0.4 is 11.1 Å². The fourth-order valence-corrected chi connectivity index (χ4v) is 3.28. The van der Waals surface area contributed by atoms with Gasteiger partial charge in [-0.2, -0.15) is 0 Å². The van der Waals surface area contributed by atoms with Crippen molar-refractivity contribution < 1.29 is 14.0 Å². The first-order valence-corrected chi connectivity index (χ1v) is 8.93. The second kappa shape index (κ2) is 6.69. The minimum Gasteiger partial charge on any atom is -0.369 e. The number of H-pyrrole nitrogens is 1. The fourth-order valence-electron chi connectivity index (χ4n) is 3.28. The van der Waals surface area contributed by atoms with Gasteiger partial charge in [0.05, 0.1) is 12.1 Å². The molecule has 9 heteroatoms. The Morgan fingerprint density at radius 3 is 2.86 bits per heavy atom. The van der Waals surface area contributed by atoms with Crippen molar-refractivity contribution in [2.24, 2.45) is 10.7 Å².